The first kappa shape index (κ1) is 38.0. The highest BCUT2D eigenvalue weighted by Gasteiger charge is 2.25. The van der Waals surface area contributed by atoms with E-state index in [1.807, 2.05) is 30.5 Å². The number of hydrogen-bond acceptors (Lipinski definition) is 8. The number of aromatic nitrogens is 3. The number of fused-ring (bicyclic) bond motifs is 13. The van der Waals surface area contributed by atoms with Gasteiger partial charge in [-0.3, -0.25) is 9.80 Å². The van der Waals surface area contributed by atoms with Gasteiger partial charge in [0.1, 0.15) is 33.7 Å². The van der Waals surface area contributed by atoms with Crippen LogP contribution < -0.4 is 9.80 Å². The minimum atomic E-state index is 0.696. The lowest BCUT2D eigenvalue weighted by molar-refractivity contribution is 0.668. The number of para-hydroxylation sites is 2. The first-order valence-corrected chi connectivity index (χ1v) is 23.8. The summed E-state index contributed by atoms with van der Waals surface area (Å²) < 4.78 is 15.1. The standard InChI is InChI=1S/C61H35N5O2S/c1-5-17-42-36(13-1)29-37-14-2-6-18-43(37)60(42)65(40-25-27-48-46-21-9-11-23-51(46)67-53(48)31-40)57-33-55-50(35-62-57)59-56(69-55)34-58(63-64-59)66(41-26-28-49-47-22-10-12-24-52(47)68-54(49)32-41)61-44-19-7-3-15-38(44)30-39-16-4-8-20-45(39)61/h1-35H. The topological polar surface area (TPSA) is 71.4 Å². The molecule has 0 unspecified atom stereocenters. The van der Waals surface area contributed by atoms with Crippen LogP contribution in [0, 0.1) is 0 Å². The van der Waals surface area contributed by atoms with Crippen molar-refractivity contribution in [3.05, 3.63) is 212 Å². The Morgan fingerprint density at radius 2 is 0.754 bits per heavy atom. The Balaban J connectivity index is 0.949. The molecule has 0 saturated carbocycles. The molecule has 322 valence electrons. The maximum atomic E-state index is 6.51. The highest BCUT2D eigenvalue weighted by Crippen LogP contribution is 2.48. The van der Waals surface area contributed by atoms with Gasteiger partial charge in [-0.2, -0.15) is 0 Å². The fraction of sp³-hybridized carbons (Fsp3) is 0. The fourth-order valence-corrected chi connectivity index (χ4v) is 11.7. The van der Waals surface area contributed by atoms with Gasteiger partial charge in [0, 0.05) is 77.6 Å². The van der Waals surface area contributed by atoms with E-state index in [1.165, 1.54) is 0 Å². The molecule has 5 heterocycles. The van der Waals surface area contributed by atoms with Crippen molar-refractivity contribution in [2.45, 2.75) is 0 Å². The number of anilines is 6. The summed E-state index contributed by atoms with van der Waals surface area (Å²) in [7, 11) is 0. The SMILES string of the molecule is c1ccc2c(N(c3ccc4c(c3)oc3ccccc34)c3cc4sc5cc(N(c6ccc7c(c6)oc6ccccc67)c6c7ccccc7cc7ccccc67)nnc5c4cn3)c3ccccc3cc2c1. The van der Waals surface area contributed by atoms with Crippen LogP contribution in [0.2, 0.25) is 0 Å². The smallest absolute Gasteiger partial charge is 0.161 e. The van der Waals surface area contributed by atoms with Crippen molar-refractivity contribution < 1.29 is 8.83 Å². The molecule has 0 spiro atoms. The van der Waals surface area contributed by atoms with Crippen LogP contribution in [0.5, 0.6) is 0 Å². The molecule has 0 aliphatic heterocycles. The third-order valence-corrected chi connectivity index (χ3v) is 14.8. The van der Waals surface area contributed by atoms with Crippen LogP contribution in [-0.2, 0) is 0 Å². The van der Waals surface area contributed by atoms with E-state index >= 15 is 0 Å². The Labute approximate surface area is 397 Å². The number of nitrogens with zero attached hydrogens (tertiary/aromatic N) is 5. The van der Waals surface area contributed by atoms with E-state index < -0.39 is 0 Å². The molecule has 15 aromatic rings. The molecule has 7 nitrogen and oxygen atoms in total. The van der Waals surface area contributed by atoms with Gasteiger partial charge in [0.15, 0.2) is 5.82 Å². The van der Waals surface area contributed by atoms with Crippen molar-refractivity contribution in [1.82, 2.24) is 15.2 Å². The molecule has 0 N–H and O–H groups in total. The molecule has 69 heavy (non-hydrogen) atoms. The van der Waals surface area contributed by atoms with E-state index in [-0.39, 0.29) is 0 Å². The Morgan fingerprint density at radius 3 is 1.26 bits per heavy atom. The summed E-state index contributed by atoms with van der Waals surface area (Å²) >= 11 is 1.70. The van der Waals surface area contributed by atoms with E-state index in [4.69, 9.17) is 24.0 Å². The summed E-state index contributed by atoms with van der Waals surface area (Å²) in [6.07, 6.45) is 1.96. The van der Waals surface area contributed by atoms with Gasteiger partial charge in [0.05, 0.1) is 27.4 Å². The van der Waals surface area contributed by atoms with Crippen LogP contribution in [-0.4, -0.2) is 15.2 Å². The maximum absolute atomic E-state index is 6.51. The van der Waals surface area contributed by atoms with Gasteiger partial charge in [-0.25, -0.2) is 4.98 Å². The van der Waals surface area contributed by atoms with Crippen LogP contribution in [0.4, 0.5) is 34.4 Å². The quantitative estimate of drug-likeness (QED) is 0.154. The molecular formula is C61H35N5O2S. The van der Waals surface area contributed by atoms with Crippen molar-refractivity contribution in [3.63, 3.8) is 0 Å². The summed E-state index contributed by atoms with van der Waals surface area (Å²) in [6.45, 7) is 0. The van der Waals surface area contributed by atoms with Gasteiger partial charge in [0.25, 0.3) is 0 Å². The molecule has 10 aromatic carbocycles. The summed E-state index contributed by atoms with van der Waals surface area (Å²) in [4.78, 5) is 9.84. The third-order valence-electron chi connectivity index (χ3n) is 13.7. The molecule has 0 aliphatic carbocycles. The van der Waals surface area contributed by atoms with Crippen molar-refractivity contribution in [2.75, 3.05) is 9.80 Å². The Kier molecular flexibility index (Phi) is 8.10. The van der Waals surface area contributed by atoms with Gasteiger partial charge < -0.3 is 8.83 Å². The Morgan fingerprint density at radius 1 is 0.333 bits per heavy atom. The van der Waals surface area contributed by atoms with Crippen molar-refractivity contribution >= 4 is 153 Å². The van der Waals surface area contributed by atoms with E-state index in [0.29, 0.717) is 5.82 Å². The summed E-state index contributed by atoms with van der Waals surface area (Å²) in [5.41, 5.74) is 8.08. The number of rotatable bonds is 6. The second-order valence-electron chi connectivity index (χ2n) is 17.6. The van der Waals surface area contributed by atoms with Crippen LogP contribution in [0.3, 0.4) is 0 Å². The highest BCUT2D eigenvalue weighted by atomic mass is 32.1. The second-order valence-corrected chi connectivity index (χ2v) is 18.7. The predicted molar refractivity (Wildman–Crippen MR) is 287 cm³/mol. The van der Waals surface area contributed by atoms with Gasteiger partial charge in [-0.1, -0.05) is 133 Å². The van der Waals surface area contributed by atoms with E-state index in [9.17, 15) is 0 Å². The molecule has 0 amide bonds. The summed E-state index contributed by atoms with van der Waals surface area (Å²) in [5.74, 6) is 1.48. The van der Waals surface area contributed by atoms with Gasteiger partial charge in [0.2, 0.25) is 0 Å². The number of furan rings is 2. The maximum Gasteiger partial charge on any atom is 0.161 e. The minimum Gasteiger partial charge on any atom is -0.456 e. The minimum absolute atomic E-state index is 0.696. The number of pyridine rings is 1. The zero-order chi connectivity index (χ0) is 45.2. The third kappa shape index (κ3) is 5.82. The largest absolute Gasteiger partial charge is 0.456 e. The first-order chi connectivity index (χ1) is 34.2. The van der Waals surface area contributed by atoms with E-state index in [0.717, 1.165) is 136 Å². The monoisotopic (exact) mass is 901 g/mol. The first-order valence-electron chi connectivity index (χ1n) is 23.0. The molecule has 0 saturated heterocycles. The zero-order valence-corrected chi connectivity index (χ0v) is 37.5. The van der Waals surface area contributed by atoms with Crippen LogP contribution in [0.25, 0.3) is 107 Å². The lowest BCUT2D eigenvalue weighted by Gasteiger charge is -2.27. The number of benzene rings is 10. The zero-order valence-electron chi connectivity index (χ0n) is 36.7. The van der Waals surface area contributed by atoms with Gasteiger partial charge in [-0.05, 0) is 76.1 Å². The Hall–Kier alpha value is -9.11. The molecule has 5 aromatic heterocycles. The normalized spacial score (nSPS) is 12.1. The molecule has 15 rings (SSSR count). The highest BCUT2D eigenvalue weighted by molar-refractivity contribution is 7.25. The van der Waals surface area contributed by atoms with Crippen LogP contribution >= 0.6 is 11.3 Å². The molecule has 0 atom stereocenters. The fourth-order valence-electron chi connectivity index (χ4n) is 10.6. The lowest BCUT2D eigenvalue weighted by Crippen LogP contribution is -2.13. The number of thiophene rings is 1. The van der Waals surface area contributed by atoms with Gasteiger partial charge >= 0.3 is 0 Å². The average Bonchev–Trinajstić information content (AvgIpc) is 4.09. The Bertz CT molecular complexity index is 4210. The number of hydrogen-bond donors (Lipinski definition) is 0. The van der Waals surface area contributed by atoms with Crippen molar-refractivity contribution in [3.8, 4) is 0 Å². The molecular weight excluding hydrogens is 867 g/mol. The molecule has 0 radical (unpaired) electrons. The van der Waals surface area contributed by atoms with Gasteiger partial charge in [-0.15, -0.1) is 21.5 Å². The second kappa shape index (κ2) is 14.7. The molecule has 0 aliphatic rings. The van der Waals surface area contributed by atoms with Crippen molar-refractivity contribution in [2.24, 2.45) is 0 Å². The van der Waals surface area contributed by atoms with Crippen LogP contribution in [0.1, 0.15) is 0 Å². The summed E-state index contributed by atoms with van der Waals surface area (Å²) in [5, 5.41) is 24.4. The lowest BCUT2D eigenvalue weighted by atomic mass is 9.99. The molecule has 8 heteroatoms. The van der Waals surface area contributed by atoms with Crippen molar-refractivity contribution in [1.29, 1.82) is 0 Å². The van der Waals surface area contributed by atoms with E-state index in [1.54, 1.807) is 11.3 Å². The average molecular weight is 902 g/mol. The van der Waals surface area contributed by atoms with E-state index in [2.05, 4.69) is 192 Å². The van der Waals surface area contributed by atoms with Crippen LogP contribution in [0.15, 0.2) is 221 Å². The predicted octanol–water partition coefficient (Wildman–Crippen LogP) is 17.6. The molecule has 0 bridgehead atoms. The molecule has 0 fully saturated rings. The summed E-state index contributed by atoms with van der Waals surface area (Å²) in [6, 6.07) is 72.6.